The van der Waals surface area contributed by atoms with E-state index in [0.29, 0.717) is 12.0 Å². The molecule has 0 aliphatic heterocycles. The first-order chi connectivity index (χ1) is 10.0. The minimum atomic E-state index is -1.08. The summed E-state index contributed by atoms with van der Waals surface area (Å²) in [5.41, 5.74) is 0.207. The van der Waals surface area contributed by atoms with Gasteiger partial charge in [-0.3, -0.25) is 4.79 Å². The molecule has 0 aromatic heterocycles. The molecule has 0 bridgehead atoms. The van der Waals surface area contributed by atoms with Crippen LogP contribution in [0, 0.1) is 11.6 Å². The first-order valence-corrected chi connectivity index (χ1v) is 6.01. The maximum absolute atomic E-state index is 13.6. The first-order valence-electron chi connectivity index (χ1n) is 6.01. The summed E-state index contributed by atoms with van der Waals surface area (Å²) < 4.78 is 27.3. The van der Waals surface area contributed by atoms with Gasteiger partial charge < -0.3 is 10.0 Å². The molecular formula is C15H11F2NO3. The lowest BCUT2D eigenvalue weighted by atomic mass is 10.1. The molecule has 21 heavy (non-hydrogen) atoms. The number of carboxylic acids is 1. The molecule has 2 aromatic carbocycles. The normalized spacial score (nSPS) is 10.2. The number of hydrogen-bond donors (Lipinski definition) is 1. The van der Waals surface area contributed by atoms with E-state index in [1.807, 2.05) is 0 Å². The largest absolute Gasteiger partial charge is 0.478 e. The average molecular weight is 291 g/mol. The molecule has 0 atom stereocenters. The van der Waals surface area contributed by atoms with Gasteiger partial charge in [0, 0.05) is 0 Å². The average Bonchev–Trinajstić information content (AvgIpc) is 2.46. The van der Waals surface area contributed by atoms with Crippen LogP contribution in [-0.2, 0) is 11.3 Å². The van der Waals surface area contributed by atoms with E-state index in [9.17, 15) is 18.4 Å². The summed E-state index contributed by atoms with van der Waals surface area (Å²) in [6.45, 7) is -0.0682. The number of hydrogen-bond acceptors (Lipinski definition) is 2. The summed E-state index contributed by atoms with van der Waals surface area (Å²) in [6, 6.07) is 9.01. The molecule has 0 saturated heterocycles. The Morgan fingerprint density at radius 3 is 2.14 bits per heavy atom. The van der Waals surface area contributed by atoms with E-state index in [-0.39, 0.29) is 12.1 Å². The van der Waals surface area contributed by atoms with Crippen molar-refractivity contribution >= 4 is 18.1 Å². The molecular weight excluding hydrogens is 280 g/mol. The van der Waals surface area contributed by atoms with Gasteiger partial charge in [-0.1, -0.05) is 18.2 Å². The number of rotatable bonds is 5. The van der Waals surface area contributed by atoms with Crippen LogP contribution in [0.3, 0.4) is 0 Å². The van der Waals surface area contributed by atoms with E-state index in [1.165, 1.54) is 30.3 Å². The van der Waals surface area contributed by atoms with Crippen LogP contribution in [0.25, 0.3) is 0 Å². The van der Waals surface area contributed by atoms with Crippen molar-refractivity contribution in [1.29, 1.82) is 0 Å². The quantitative estimate of drug-likeness (QED) is 0.862. The summed E-state index contributed by atoms with van der Waals surface area (Å²) in [4.78, 5) is 22.7. The van der Waals surface area contributed by atoms with Crippen LogP contribution >= 0.6 is 0 Å². The molecule has 2 rings (SSSR count). The Morgan fingerprint density at radius 1 is 1.10 bits per heavy atom. The van der Waals surface area contributed by atoms with Crippen molar-refractivity contribution in [2.45, 2.75) is 6.54 Å². The number of amides is 1. The Kier molecular flexibility index (Phi) is 4.27. The van der Waals surface area contributed by atoms with Gasteiger partial charge in [0.05, 0.1) is 12.1 Å². The molecule has 2 aromatic rings. The number of halogens is 2. The third-order valence-corrected chi connectivity index (χ3v) is 2.91. The maximum Gasteiger partial charge on any atom is 0.335 e. The van der Waals surface area contributed by atoms with Gasteiger partial charge in [0.15, 0.2) is 0 Å². The van der Waals surface area contributed by atoms with Gasteiger partial charge in [-0.15, -0.1) is 0 Å². The second kappa shape index (κ2) is 6.13. The van der Waals surface area contributed by atoms with Crippen molar-refractivity contribution in [2.75, 3.05) is 4.90 Å². The summed E-state index contributed by atoms with van der Waals surface area (Å²) in [5, 5.41) is 8.79. The van der Waals surface area contributed by atoms with Crippen LogP contribution in [0.2, 0.25) is 0 Å². The van der Waals surface area contributed by atoms with Crippen LogP contribution in [0.15, 0.2) is 42.5 Å². The third kappa shape index (κ3) is 3.22. The molecule has 0 radical (unpaired) electrons. The zero-order valence-electron chi connectivity index (χ0n) is 10.8. The van der Waals surface area contributed by atoms with Crippen LogP contribution in [0.5, 0.6) is 0 Å². The monoisotopic (exact) mass is 291 g/mol. The predicted octanol–water partition coefficient (Wildman–Crippen LogP) is 2.83. The number of benzene rings is 2. The molecule has 0 fully saturated rings. The number of anilines is 1. The minimum absolute atomic E-state index is 0.0682. The van der Waals surface area contributed by atoms with Gasteiger partial charge in [0.25, 0.3) is 0 Å². The van der Waals surface area contributed by atoms with Gasteiger partial charge in [0.2, 0.25) is 6.41 Å². The number of carbonyl (C=O) groups excluding carboxylic acids is 1. The van der Waals surface area contributed by atoms with E-state index in [2.05, 4.69) is 0 Å². The topological polar surface area (TPSA) is 57.6 Å². The molecule has 1 amide bonds. The fourth-order valence-corrected chi connectivity index (χ4v) is 1.88. The Hall–Kier alpha value is -2.76. The summed E-state index contributed by atoms with van der Waals surface area (Å²) in [6.07, 6.45) is 0.326. The smallest absolute Gasteiger partial charge is 0.335 e. The molecule has 1 N–H and O–H groups in total. The van der Waals surface area contributed by atoms with Crippen molar-refractivity contribution in [3.05, 3.63) is 65.2 Å². The third-order valence-electron chi connectivity index (χ3n) is 2.91. The lowest BCUT2D eigenvalue weighted by molar-refractivity contribution is -0.107. The molecule has 108 valence electrons. The number of carboxylic acid groups (broad SMARTS) is 1. The molecule has 0 spiro atoms. The molecule has 6 heteroatoms. The van der Waals surface area contributed by atoms with E-state index >= 15 is 0 Å². The standard InChI is InChI=1S/C15H11F2NO3/c16-12-2-1-3-13(17)14(12)18(9-19)8-10-4-6-11(7-5-10)15(20)21/h1-7,9H,8H2,(H,20,21). The van der Waals surface area contributed by atoms with E-state index in [4.69, 9.17) is 5.11 Å². The highest BCUT2D eigenvalue weighted by Gasteiger charge is 2.16. The van der Waals surface area contributed by atoms with Gasteiger partial charge >= 0.3 is 5.97 Å². The number of para-hydroxylation sites is 1. The van der Waals surface area contributed by atoms with E-state index in [1.54, 1.807) is 0 Å². The molecule has 0 heterocycles. The van der Waals surface area contributed by atoms with Crippen LogP contribution in [0.4, 0.5) is 14.5 Å². The maximum atomic E-state index is 13.6. The second-order valence-electron chi connectivity index (χ2n) is 4.31. The van der Waals surface area contributed by atoms with Crippen molar-refractivity contribution in [1.82, 2.24) is 0 Å². The van der Waals surface area contributed by atoms with Crippen molar-refractivity contribution in [2.24, 2.45) is 0 Å². The Morgan fingerprint density at radius 2 is 1.67 bits per heavy atom. The molecule has 0 unspecified atom stereocenters. The number of carbonyl (C=O) groups is 2. The fraction of sp³-hybridized carbons (Fsp3) is 0.0667. The lowest BCUT2D eigenvalue weighted by Gasteiger charge is -2.18. The van der Waals surface area contributed by atoms with Crippen molar-refractivity contribution < 1.29 is 23.5 Å². The predicted molar refractivity (Wildman–Crippen MR) is 72.0 cm³/mol. The summed E-state index contributed by atoms with van der Waals surface area (Å²) >= 11 is 0. The highest BCUT2D eigenvalue weighted by atomic mass is 19.1. The molecule has 0 aliphatic carbocycles. The second-order valence-corrected chi connectivity index (χ2v) is 4.31. The van der Waals surface area contributed by atoms with Crippen molar-refractivity contribution in [3.63, 3.8) is 0 Å². The molecule has 0 aliphatic rings. The number of nitrogens with zero attached hydrogens (tertiary/aromatic N) is 1. The van der Waals surface area contributed by atoms with Crippen LogP contribution in [0.1, 0.15) is 15.9 Å². The van der Waals surface area contributed by atoms with E-state index < -0.39 is 23.3 Å². The van der Waals surface area contributed by atoms with Crippen LogP contribution < -0.4 is 4.90 Å². The molecule has 0 saturated carbocycles. The fourth-order valence-electron chi connectivity index (χ4n) is 1.88. The molecule has 4 nitrogen and oxygen atoms in total. The van der Waals surface area contributed by atoms with Crippen LogP contribution in [-0.4, -0.2) is 17.5 Å². The highest BCUT2D eigenvalue weighted by molar-refractivity contribution is 5.87. The summed E-state index contributed by atoms with van der Waals surface area (Å²) in [5.74, 6) is -2.76. The van der Waals surface area contributed by atoms with Gasteiger partial charge in [0.1, 0.15) is 17.3 Å². The van der Waals surface area contributed by atoms with Gasteiger partial charge in [-0.05, 0) is 29.8 Å². The SMILES string of the molecule is O=CN(Cc1ccc(C(=O)O)cc1)c1c(F)cccc1F. The zero-order valence-corrected chi connectivity index (χ0v) is 10.8. The van der Waals surface area contributed by atoms with Crippen molar-refractivity contribution in [3.8, 4) is 0 Å². The summed E-state index contributed by atoms with van der Waals surface area (Å²) in [7, 11) is 0. The zero-order chi connectivity index (χ0) is 15.4. The Bertz CT molecular complexity index is 651. The first kappa shape index (κ1) is 14.6. The lowest BCUT2D eigenvalue weighted by Crippen LogP contribution is -2.22. The van der Waals surface area contributed by atoms with Gasteiger partial charge in [-0.2, -0.15) is 0 Å². The Labute approximate surface area is 119 Å². The van der Waals surface area contributed by atoms with E-state index in [0.717, 1.165) is 17.0 Å². The number of aromatic carboxylic acids is 1. The highest BCUT2D eigenvalue weighted by Crippen LogP contribution is 2.23. The van der Waals surface area contributed by atoms with Gasteiger partial charge in [-0.25, -0.2) is 13.6 Å². The Balaban J connectivity index is 2.27. The minimum Gasteiger partial charge on any atom is -0.478 e.